The van der Waals surface area contributed by atoms with E-state index in [4.69, 9.17) is 19.3 Å². The number of rotatable bonds is 4. The lowest BCUT2D eigenvalue weighted by Gasteiger charge is -2.07. The van der Waals surface area contributed by atoms with Crippen LogP contribution in [0.15, 0.2) is 0 Å². The number of aliphatic hydroxyl groups is 2. The highest BCUT2D eigenvalue weighted by atomic mass is 32.2. The summed E-state index contributed by atoms with van der Waals surface area (Å²) in [6, 6.07) is 0. The number of halogens is 2. The number of alkyl halides is 2. The van der Waals surface area contributed by atoms with E-state index in [9.17, 15) is 25.6 Å². The first-order valence-corrected chi connectivity index (χ1v) is 8.80. The van der Waals surface area contributed by atoms with Crippen LogP contribution in [-0.2, 0) is 20.2 Å². The Morgan fingerprint density at radius 3 is 1.09 bits per heavy atom. The Morgan fingerprint density at radius 2 is 1.09 bits per heavy atom. The SMILES string of the molecule is CC(C)(F)S(=O)(=O)O.CC(C)(F)S(=O)(=O)O.CCC(O)CO. The normalized spacial score (nSPS) is 14.1. The maximum atomic E-state index is 12.1. The topological polar surface area (TPSA) is 149 Å². The van der Waals surface area contributed by atoms with Gasteiger partial charge in [0, 0.05) is 0 Å². The van der Waals surface area contributed by atoms with E-state index in [0.717, 1.165) is 27.7 Å². The van der Waals surface area contributed by atoms with Gasteiger partial charge in [-0.1, -0.05) is 6.92 Å². The molecule has 4 N–H and O–H groups in total. The molecule has 0 aromatic rings. The molecule has 0 spiro atoms. The lowest BCUT2D eigenvalue weighted by Crippen LogP contribution is -2.24. The van der Waals surface area contributed by atoms with E-state index < -0.39 is 36.3 Å². The monoisotopic (exact) mass is 374 g/mol. The lowest BCUT2D eigenvalue weighted by atomic mass is 10.3. The Bertz CT molecular complexity index is 442. The Hall–Kier alpha value is -0.400. The quantitative estimate of drug-likeness (QED) is 0.530. The highest BCUT2D eigenvalue weighted by molar-refractivity contribution is 7.87. The summed E-state index contributed by atoms with van der Waals surface area (Å²) in [5.41, 5.74) is 0. The summed E-state index contributed by atoms with van der Waals surface area (Å²) in [6.45, 7) is 4.77. The summed E-state index contributed by atoms with van der Waals surface area (Å²) >= 11 is 0. The van der Waals surface area contributed by atoms with Crippen molar-refractivity contribution in [2.75, 3.05) is 6.61 Å². The molecule has 138 valence electrons. The van der Waals surface area contributed by atoms with Crippen LogP contribution < -0.4 is 0 Å². The van der Waals surface area contributed by atoms with Gasteiger partial charge in [-0.05, 0) is 34.1 Å². The van der Waals surface area contributed by atoms with Crippen molar-refractivity contribution in [1.82, 2.24) is 0 Å². The third kappa shape index (κ3) is 14.5. The third-order valence-corrected chi connectivity index (χ3v) is 4.36. The van der Waals surface area contributed by atoms with Crippen molar-refractivity contribution in [2.24, 2.45) is 0 Å². The van der Waals surface area contributed by atoms with Crippen molar-refractivity contribution in [3.8, 4) is 0 Å². The van der Waals surface area contributed by atoms with Gasteiger partial charge in [0.15, 0.2) is 0 Å². The molecule has 12 heteroatoms. The maximum absolute atomic E-state index is 12.1. The van der Waals surface area contributed by atoms with Crippen molar-refractivity contribution in [3.63, 3.8) is 0 Å². The second kappa shape index (κ2) is 9.67. The second-order valence-electron chi connectivity index (χ2n) is 4.92. The summed E-state index contributed by atoms with van der Waals surface area (Å²) in [5.74, 6) is 0. The molecule has 0 saturated heterocycles. The molecule has 0 rings (SSSR count). The maximum Gasteiger partial charge on any atom is 0.299 e. The van der Waals surface area contributed by atoms with Gasteiger partial charge in [0.1, 0.15) is 0 Å². The summed E-state index contributed by atoms with van der Waals surface area (Å²) < 4.78 is 79.4. The van der Waals surface area contributed by atoms with E-state index in [1.54, 1.807) is 0 Å². The lowest BCUT2D eigenvalue weighted by molar-refractivity contribution is 0.0923. The zero-order valence-electron chi connectivity index (χ0n) is 13.0. The van der Waals surface area contributed by atoms with Crippen LogP contribution in [0.25, 0.3) is 0 Å². The summed E-state index contributed by atoms with van der Waals surface area (Å²) in [4.78, 5) is 0. The molecule has 0 radical (unpaired) electrons. The molecule has 8 nitrogen and oxygen atoms in total. The van der Waals surface area contributed by atoms with Gasteiger partial charge < -0.3 is 10.2 Å². The molecular formula is C10H24F2O8S2. The Balaban J connectivity index is -0.000000249. The Kier molecular flexibility index (Phi) is 11.7. The average molecular weight is 374 g/mol. The molecule has 0 heterocycles. The number of hydrogen-bond acceptors (Lipinski definition) is 6. The van der Waals surface area contributed by atoms with Crippen LogP contribution in [0, 0.1) is 0 Å². The van der Waals surface area contributed by atoms with E-state index in [-0.39, 0.29) is 6.61 Å². The van der Waals surface area contributed by atoms with Gasteiger partial charge >= 0.3 is 0 Å². The van der Waals surface area contributed by atoms with Crippen LogP contribution in [0.2, 0.25) is 0 Å². The van der Waals surface area contributed by atoms with E-state index in [0.29, 0.717) is 6.42 Å². The van der Waals surface area contributed by atoms with Gasteiger partial charge in [-0.15, -0.1) is 0 Å². The van der Waals surface area contributed by atoms with Gasteiger partial charge in [0.05, 0.1) is 12.7 Å². The molecule has 0 aliphatic heterocycles. The molecular weight excluding hydrogens is 350 g/mol. The smallest absolute Gasteiger partial charge is 0.299 e. The van der Waals surface area contributed by atoms with Gasteiger partial charge in [-0.3, -0.25) is 9.11 Å². The zero-order chi connectivity index (χ0) is 19.0. The third-order valence-electron chi connectivity index (χ3n) is 1.91. The molecule has 0 saturated carbocycles. The molecule has 0 fully saturated rings. The highest BCUT2D eigenvalue weighted by Crippen LogP contribution is 2.15. The molecule has 1 atom stereocenters. The molecule has 0 aliphatic carbocycles. The van der Waals surface area contributed by atoms with Crippen LogP contribution in [0.5, 0.6) is 0 Å². The first kappa shape index (κ1) is 26.5. The van der Waals surface area contributed by atoms with Crippen LogP contribution >= 0.6 is 0 Å². The molecule has 0 aromatic heterocycles. The zero-order valence-corrected chi connectivity index (χ0v) is 14.6. The predicted molar refractivity (Wildman–Crippen MR) is 76.9 cm³/mol. The number of hydrogen-bond donors (Lipinski definition) is 4. The molecule has 22 heavy (non-hydrogen) atoms. The summed E-state index contributed by atoms with van der Waals surface area (Å²) in [7, 11) is -9.01. The van der Waals surface area contributed by atoms with Crippen molar-refractivity contribution in [2.45, 2.75) is 57.1 Å². The van der Waals surface area contributed by atoms with Gasteiger partial charge in [-0.2, -0.15) is 16.8 Å². The minimum atomic E-state index is -4.51. The second-order valence-corrected chi connectivity index (χ2v) is 8.76. The van der Waals surface area contributed by atoms with Crippen molar-refractivity contribution in [3.05, 3.63) is 0 Å². The Morgan fingerprint density at radius 1 is 0.909 bits per heavy atom. The van der Waals surface area contributed by atoms with Crippen LogP contribution in [-0.4, -0.2) is 58.9 Å². The van der Waals surface area contributed by atoms with Crippen LogP contribution in [0.4, 0.5) is 8.78 Å². The standard InChI is InChI=1S/C4H10O2.2C3H7FO3S/c1-2-4(6)3-5;2*1-3(2,4)8(5,6)7/h4-6H,2-3H2,1H3;2*1-2H3,(H,5,6,7). The van der Waals surface area contributed by atoms with E-state index in [2.05, 4.69) is 0 Å². The highest BCUT2D eigenvalue weighted by Gasteiger charge is 2.32. The minimum Gasteiger partial charge on any atom is -0.394 e. The van der Waals surface area contributed by atoms with E-state index >= 15 is 0 Å². The first-order chi connectivity index (χ1) is 9.31. The van der Waals surface area contributed by atoms with Gasteiger partial charge in [-0.25, -0.2) is 8.78 Å². The Labute approximate surface area is 129 Å². The first-order valence-electron chi connectivity index (χ1n) is 5.92. The van der Waals surface area contributed by atoms with E-state index in [1.165, 1.54) is 0 Å². The summed E-state index contributed by atoms with van der Waals surface area (Å²) in [6.07, 6.45) is 0.126. The predicted octanol–water partition coefficient (Wildman–Crippen LogP) is 0.909. The van der Waals surface area contributed by atoms with Crippen molar-refractivity contribution < 1.29 is 44.9 Å². The van der Waals surface area contributed by atoms with Gasteiger partial charge in [0.25, 0.3) is 20.2 Å². The fourth-order valence-electron chi connectivity index (χ4n) is 0.129. The molecule has 0 bridgehead atoms. The van der Waals surface area contributed by atoms with E-state index in [1.807, 2.05) is 6.92 Å². The fraction of sp³-hybridized carbons (Fsp3) is 1.00. The molecule has 1 unspecified atom stereocenters. The number of aliphatic hydroxyl groups excluding tert-OH is 2. The molecule has 0 amide bonds. The van der Waals surface area contributed by atoms with Crippen LogP contribution in [0.1, 0.15) is 41.0 Å². The largest absolute Gasteiger partial charge is 0.394 e. The van der Waals surface area contributed by atoms with Crippen LogP contribution in [0.3, 0.4) is 0 Å². The van der Waals surface area contributed by atoms with Crippen molar-refractivity contribution >= 4 is 20.2 Å². The molecule has 0 aromatic carbocycles. The molecule has 0 aliphatic rings. The van der Waals surface area contributed by atoms with Gasteiger partial charge in [0.2, 0.25) is 10.0 Å². The van der Waals surface area contributed by atoms with Crippen molar-refractivity contribution in [1.29, 1.82) is 0 Å². The average Bonchev–Trinajstić information content (AvgIpc) is 2.24. The minimum absolute atomic E-state index is 0.115. The fourth-order valence-corrected chi connectivity index (χ4v) is 0.129. The summed E-state index contributed by atoms with van der Waals surface area (Å²) in [5, 5.41) is 11.4.